The Balaban J connectivity index is 0.00000169. The van der Waals surface area contributed by atoms with Gasteiger partial charge >= 0.3 is 0 Å². The number of aromatic nitrogens is 1. The summed E-state index contributed by atoms with van der Waals surface area (Å²) in [5, 5.41) is 2.97. The van der Waals surface area contributed by atoms with Crippen LogP contribution in [0.25, 0.3) is 0 Å². The maximum Gasteiger partial charge on any atom is 0.224 e. The first-order valence-corrected chi connectivity index (χ1v) is 8.10. The Morgan fingerprint density at radius 1 is 1.15 bits per heavy atom. The third-order valence-corrected chi connectivity index (χ3v) is 4.00. The van der Waals surface area contributed by atoms with Crippen LogP contribution in [0, 0.1) is 0 Å². The summed E-state index contributed by atoms with van der Waals surface area (Å²) in [6.45, 7) is 3.53. The van der Waals surface area contributed by atoms with E-state index in [0.717, 1.165) is 30.0 Å². The number of pyridine rings is 1. The van der Waals surface area contributed by atoms with Crippen LogP contribution in [0.2, 0.25) is 0 Å². The van der Waals surface area contributed by atoms with E-state index in [1.54, 1.807) is 18.3 Å². The summed E-state index contributed by atoms with van der Waals surface area (Å²) in [4.78, 5) is 18.8. The van der Waals surface area contributed by atoms with Gasteiger partial charge in [0.05, 0.1) is 19.6 Å². The summed E-state index contributed by atoms with van der Waals surface area (Å²) in [5.41, 5.74) is 8.32. The zero-order valence-corrected chi connectivity index (χ0v) is 16.0. The van der Waals surface area contributed by atoms with Crippen LogP contribution in [-0.2, 0) is 22.5 Å². The molecule has 2 aromatic rings. The van der Waals surface area contributed by atoms with Crippen LogP contribution in [0.5, 0.6) is 0 Å². The van der Waals surface area contributed by atoms with Crippen molar-refractivity contribution < 1.29 is 9.53 Å². The molecule has 2 heterocycles. The normalized spacial score (nSPS) is 13.3. The molecule has 1 aliphatic rings. The lowest BCUT2D eigenvalue weighted by molar-refractivity contribution is -0.120. The molecule has 0 bridgehead atoms. The van der Waals surface area contributed by atoms with Gasteiger partial charge in [0.2, 0.25) is 5.91 Å². The third kappa shape index (κ3) is 6.05. The van der Waals surface area contributed by atoms with Gasteiger partial charge in [-0.15, -0.1) is 24.8 Å². The van der Waals surface area contributed by atoms with Crippen molar-refractivity contribution in [1.29, 1.82) is 0 Å². The molecule has 8 heteroatoms. The molecule has 1 amide bonds. The van der Waals surface area contributed by atoms with Crippen molar-refractivity contribution in [1.82, 2.24) is 10.3 Å². The maximum atomic E-state index is 12.2. The SMILES string of the molecule is Cl.Cl.Nc1ccc(CC(=O)NCc2cccnc2N2CCOCC2)cc1. The minimum absolute atomic E-state index is 0. The highest BCUT2D eigenvalue weighted by Crippen LogP contribution is 2.18. The summed E-state index contributed by atoms with van der Waals surface area (Å²) < 4.78 is 5.39. The molecule has 0 saturated carbocycles. The number of anilines is 2. The van der Waals surface area contributed by atoms with Crippen molar-refractivity contribution in [3.05, 3.63) is 53.7 Å². The van der Waals surface area contributed by atoms with E-state index in [-0.39, 0.29) is 30.7 Å². The van der Waals surface area contributed by atoms with Gasteiger partial charge in [-0.1, -0.05) is 18.2 Å². The molecular formula is C18H24Cl2N4O2. The molecule has 0 spiro atoms. The number of ether oxygens (including phenoxy) is 1. The van der Waals surface area contributed by atoms with Gasteiger partial charge in [-0.05, 0) is 23.8 Å². The number of rotatable bonds is 5. The number of nitrogens with zero attached hydrogens (tertiary/aromatic N) is 2. The smallest absolute Gasteiger partial charge is 0.224 e. The quantitative estimate of drug-likeness (QED) is 0.754. The minimum Gasteiger partial charge on any atom is -0.399 e. The summed E-state index contributed by atoms with van der Waals surface area (Å²) in [5.74, 6) is 0.908. The van der Waals surface area contributed by atoms with E-state index in [0.29, 0.717) is 31.9 Å². The van der Waals surface area contributed by atoms with E-state index in [1.165, 1.54) is 0 Å². The maximum absolute atomic E-state index is 12.2. The number of nitrogen functional groups attached to an aromatic ring is 1. The Hall–Kier alpha value is -2.02. The minimum atomic E-state index is -0.0171. The molecule has 1 aromatic carbocycles. The zero-order chi connectivity index (χ0) is 16.8. The van der Waals surface area contributed by atoms with Gasteiger partial charge in [-0.3, -0.25) is 4.79 Å². The van der Waals surface area contributed by atoms with Crippen molar-refractivity contribution in [3.8, 4) is 0 Å². The van der Waals surface area contributed by atoms with E-state index < -0.39 is 0 Å². The van der Waals surface area contributed by atoms with Gasteiger partial charge in [-0.2, -0.15) is 0 Å². The second-order valence-corrected chi connectivity index (χ2v) is 5.78. The molecule has 6 nitrogen and oxygen atoms in total. The van der Waals surface area contributed by atoms with Crippen molar-refractivity contribution in [2.24, 2.45) is 0 Å². The second kappa shape index (κ2) is 10.9. The molecule has 1 saturated heterocycles. The van der Waals surface area contributed by atoms with Crippen LogP contribution in [0.3, 0.4) is 0 Å². The van der Waals surface area contributed by atoms with E-state index in [1.807, 2.05) is 24.3 Å². The molecule has 0 atom stereocenters. The van der Waals surface area contributed by atoms with Crippen molar-refractivity contribution in [2.75, 3.05) is 36.9 Å². The summed E-state index contributed by atoms with van der Waals surface area (Å²) in [6, 6.07) is 11.3. The van der Waals surface area contributed by atoms with Crippen LogP contribution in [0.4, 0.5) is 11.5 Å². The van der Waals surface area contributed by atoms with E-state index in [4.69, 9.17) is 10.5 Å². The molecule has 1 fully saturated rings. The highest BCUT2D eigenvalue weighted by atomic mass is 35.5. The Morgan fingerprint density at radius 2 is 1.85 bits per heavy atom. The number of morpholine rings is 1. The van der Waals surface area contributed by atoms with Crippen LogP contribution in [0.1, 0.15) is 11.1 Å². The first-order chi connectivity index (χ1) is 11.7. The van der Waals surface area contributed by atoms with Crippen molar-refractivity contribution >= 4 is 42.2 Å². The summed E-state index contributed by atoms with van der Waals surface area (Å²) in [7, 11) is 0. The fourth-order valence-corrected chi connectivity index (χ4v) is 2.71. The molecule has 1 aliphatic heterocycles. The first kappa shape index (κ1) is 22.0. The first-order valence-electron chi connectivity index (χ1n) is 8.10. The lowest BCUT2D eigenvalue weighted by Crippen LogP contribution is -2.38. The average Bonchev–Trinajstić information content (AvgIpc) is 2.63. The number of nitrogens with one attached hydrogen (secondary N) is 1. The Kier molecular flexibility index (Phi) is 9.19. The largest absolute Gasteiger partial charge is 0.399 e. The number of carbonyl (C=O) groups is 1. The third-order valence-electron chi connectivity index (χ3n) is 4.00. The molecule has 3 rings (SSSR count). The molecule has 142 valence electrons. The topological polar surface area (TPSA) is 80.5 Å². The fourth-order valence-electron chi connectivity index (χ4n) is 2.71. The van der Waals surface area contributed by atoms with Gasteiger partial charge in [-0.25, -0.2) is 4.98 Å². The van der Waals surface area contributed by atoms with Crippen LogP contribution in [-0.4, -0.2) is 37.2 Å². The molecule has 3 N–H and O–H groups in total. The zero-order valence-electron chi connectivity index (χ0n) is 14.4. The summed E-state index contributed by atoms with van der Waals surface area (Å²) in [6.07, 6.45) is 2.12. The van der Waals surface area contributed by atoms with Gasteiger partial charge < -0.3 is 20.7 Å². The van der Waals surface area contributed by atoms with Gasteiger partial charge in [0.1, 0.15) is 5.82 Å². The second-order valence-electron chi connectivity index (χ2n) is 5.78. The van der Waals surface area contributed by atoms with Crippen molar-refractivity contribution in [3.63, 3.8) is 0 Å². The van der Waals surface area contributed by atoms with E-state index >= 15 is 0 Å². The highest BCUT2D eigenvalue weighted by molar-refractivity contribution is 5.85. The lowest BCUT2D eigenvalue weighted by Gasteiger charge is -2.29. The predicted octanol–water partition coefficient (Wildman–Crippen LogP) is 2.20. The monoisotopic (exact) mass is 398 g/mol. The van der Waals surface area contributed by atoms with Gasteiger partial charge in [0, 0.05) is 37.1 Å². The lowest BCUT2D eigenvalue weighted by atomic mass is 10.1. The van der Waals surface area contributed by atoms with E-state index in [9.17, 15) is 4.79 Å². The number of amides is 1. The number of benzene rings is 1. The fraction of sp³-hybridized carbons (Fsp3) is 0.333. The standard InChI is InChI=1S/C18H22N4O2.2ClH/c19-16-5-3-14(4-6-16)12-17(23)21-13-15-2-1-7-20-18(15)22-8-10-24-11-9-22;;/h1-7H,8-13,19H2,(H,21,23);2*1H. The predicted molar refractivity (Wildman–Crippen MR) is 108 cm³/mol. The van der Waals surface area contributed by atoms with Crippen LogP contribution >= 0.6 is 24.8 Å². The number of halogens is 2. The van der Waals surface area contributed by atoms with Gasteiger partial charge in [0.15, 0.2) is 0 Å². The Bertz CT molecular complexity index is 692. The van der Waals surface area contributed by atoms with Crippen LogP contribution < -0.4 is 16.0 Å². The van der Waals surface area contributed by atoms with Gasteiger partial charge in [0.25, 0.3) is 0 Å². The molecule has 0 unspecified atom stereocenters. The molecule has 0 aliphatic carbocycles. The van der Waals surface area contributed by atoms with E-state index in [2.05, 4.69) is 15.2 Å². The number of hydrogen-bond donors (Lipinski definition) is 2. The highest BCUT2D eigenvalue weighted by Gasteiger charge is 2.16. The molecule has 1 aromatic heterocycles. The molecule has 26 heavy (non-hydrogen) atoms. The van der Waals surface area contributed by atoms with Crippen molar-refractivity contribution in [2.45, 2.75) is 13.0 Å². The molecule has 0 radical (unpaired) electrons. The van der Waals surface area contributed by atoms with Crippen LogP contribution in [0.15, 0.2) is 42.6 Å². The number of hydrogen-bond acceptors (Lipinski definition) is 5. The number of carbonyl (C=O) groups excluding carboxylic acids is 1. The molecular weight excluding hydrogens is 375 g/mol. The Labute approximate surface area is 165 Å². The summed E-state index contributed by atoms with van der Waals surface area (Å²) >= 11 is 0. The number of nitrogens with two attached hydrogens (primary N) is 1. The Morgan fingerprint density at radius 3 is 2.54 bits per heavy atom. The average molecular weight is 399 g/mol.